The van der Waals surface area contributed by atoms with Crippen molar-refractivity contribution in [2.45, 2.75) is 31.1 Å². The molecule has 0 aliphatic carbocycles. The Balaban J connectivity index is 1.84. The molecular weight excluding hydrogens is 362 g/mol. The van der Waals surface area contributed by atoms with Crippen molar-refractivity contribution in [3.63, 3.8) is 0 Å². The van der Waals surface area contributed by atoms with Crippen LogP contribution in [0.25, 0.3) is 0 Å². The molecule has 2 aromatic rings. The molecule has 0 radical (unpaired) electrons. The average Bonchev–Trinajstić information content (AvgIpc) is 3.03. The number of hydrogen-bond acceptors (Lipinski definition) is 6. The molecule has 0 fully saturated rings. The SMILES string of the molecule is COc1ccc(S(=O)(=O)NCCC(=O)Nc2nc(C(C)C)cs2)cc1. The maximum atomic E-state index is 12.2. The lowest BCUT2D eigenvalue weighted by atomic mass is 10.2. The molecule has 136 valence electrons. The van der Waals surface area contributed by atoms with Gasteiger partial charge in [0.2, 0.25) is 15.9 Å². The zero-order valence-electron chi connectivity index (χ0n) is 14.3. The van der Waals surface area contributed by atoms with Crippen molar-refractivity contribution < 1.29 is 17.9 Å². The summed E-state index contributed by atoms with van der Waals surface area (Å²) in [5.74, 6) is 0.572. The summed E-state index contributed by atoms with van der Waals surface area (Å²) in [6.07, 6.45) is 0.0198. The van der Waals surface area contributed by atoms with E-state index < -0.39 is 10.0 Å². The Morgan fingerprint density at radius 3 is 2.52 bits per heavy atom. The second kappa shape index (κ2) is 8.41. The number of methoxy groups -OCH3 is 1. The van der Waals surface area contributed by atoms with Crippen molar-refractivity contribution in [3.8, 4) is 5.75 Å². The number of ether oxygens (including phenoxy) is 1. The van der Waals surface area contributed by atoms with Crippen molar-refractivity contribution in [3.05, 3.63) is 35.3 Å². The number of sulfonamides is 1. The average molecular weight is 383 g/mol. The van der Waals surface area contributed by atoms with Gasteiger partial charge in [-0.15, -0.1) is 11.3 Å². The fourth-order valence-electron chi connectivity index (χ4n) is 1.93. The molecule has 0 atom stereocenters. The predicted octanol–water partition coefficient (Wildman–Crippen LogP) is 2.58. The van der Waals surface area contributed by atoms with E-state index in [1.165, 1.54) is 30.6 Å². The van der Waals surface area contributed by atoms with E-state index in [4.69, 9.17) is 4.74 Å². The van der Waals surface area contributed by atoms with E-state index >= 15 is 0 Å². The molecule has 1 aromatic heterocycles. The third-order valence-corrected chi connectivity index (χ3v) is 5.63. The number of amides is 1. The molecular formula is C16H21N3O4S2. The molecule has 0 saturated carbocycles. The van der Waals surface area contributed by atoms with Gasteiger partial charge in [-0.25, -0.2) is 18.1 Å². The van der Waals surface area contributed by atoms with Crippen molar-refractivity contribution in [2.75, 3.05) is 19.0 Å². The lowest BCUT2D eigenvalue weighted by Crippen LogP contribution is -2.27. The van der Waals surface area contributed by atoms with Gasteiger partial charge in [0.25, 0.3) is 0 Å². The molecule has 9 heteroatoms. The Morgan fingerprint density at radius 1 is 1.28 bits per heavy atom. The number of carbonyl (C=O) groups excluding carboxylic acids is 1. The molecule has 0 unspecified atom stereocenters. The van der Waals surface area contributed by atoms with E-state index in [2.05, 4.69) is 15.0 Å². The number of nitrogens with one attached hydrogen (secondary N) is 2. The lowest BCUT2D eigenvalue weighted by molar-refractivity contribution is -0.116. The first kappa shape index (κ1) is 19.4. The topological polar surface area (TPSA) is 97.4 Å². The van der Waals surface area contributed by atoms with E-state index in [0.717, 1.165) is 5.69 Å². The highest BCUT2D eigenvalue weighted by atomic mass is 32.2. The quantitative estimate of drug-likeness (QED) is 0.730. The zero-order chi connectivity index (χ0) is 18.4. The van der Waals surface area contributed by atoms with Crippen LogP contribution in [0.5, 0.6) is 5.75 Å². The highest BCUT2D eigenvalue weighted by Gasteiger charge is 2.15. The Morgan fingerprint density at radius 2 is 1.96 bits per heavy atom. The first-order chi connectivity index (χ1) is 11.8. The van der Waals surface area contributed by atoms with E-state index in [-0.39, 0.29) is 23.8 Å². The van der Waals surface area contributed by atoms with Crippen LogP contribution in [0.3, 0.4) is 0 Å². The third kappa shape index (κ3) is 5.52. The number of rotatable bonds is 8. The van der Waals surface area contributed by atoms with Gasteiger partial charge in [0.05, 0.1) is 17.7 Å². The van der Waals surface area contributed by atoms with E-state index in [1.54, 1.807) is 12.1 Å². The monoisotopic (exact) mass is 383 g/mol. The Kier molecular flexibility index (Phi) is 6.51. The molecule has 0 bridgehead atoms. The van der Waals surface area contributed by atoms with Crippen LogP contribution in [0.4, 0.5) is 5.13 Å². The van der Waals surface area contributed by atoms with Gasteiger partial charge in [0.1, 0.15) is 5.75 Å². The summed E-state index contributed by atoms with van der Waals surface area (Å²) in [6, 6.07) is 6.03. The molecule has 0 aliphatic heterocycles. The molecule has 1 amide bonds. The molecule has 25 heavy (non-hydrogen) atoms. The van der Waals surface area contributed by atoms with Crippen LogP contribution in [-0.4, -0.2) is 33.0 Å². The highest BCUT2D eigenvalue weighted by molar-refractivity contribution is 7.89. The molecule has 0 spiro atoms. The molecule has 0 saturated heterocycles. The second-order valence-corrected chi connectivity index (χ2v) is 8.23. The van der Waals surface area contributed by atoms with E-state index in [1.807, 2.05) is 19.2 Å². The van der Waals surface area contributed by atoms with Crippen molar-refractivity contribution in [1.82, 2.24) is 9.71 Å². The van der Waals surface area contributed by atoms with Crippen LogP contribution >= 0.6 is 11.3 Å². The van der Waals surface area contributed by atoms with Gasteiger partial charge in [-0.2, -0.15) is 0 Å². The van der Waals surface area contributed by atoms with Crippen LogP contribution in [0.2, 0.25) is 0 Å². The number of anilines is 1. The molecule has 2 rings (SSSR count). The number of hydrogen-bond donors (Lipinski definition) is 2. The Hall–Kier alpha value is -1.97. The van der Waals surface area contributed by atoms with Crippen LogP contribution in [-0.2, 0) is 14.8 Å². The summed E-state index contributed by atoms with van der Waals surface area (Å²) < 4.78 is 31.7. The van der Waals surface area contributed by atoms with Crippen molar-refractivity contribution in [2.24, 2.45) is 0 Å². The minimum absolute atomic E-state index is 0.00259. The zero-order valence-corrected chi connectivity index (χ0v) is 15.9. The van der Waals surface area contributed by atoms with Crippen LogP contribution in [0.15, 0.2) is 34.5 Å². The first-order valence-corrected chi connectivity index (χ1v) is 10.1. The smallest absolute Gasteiger partial charge is 0.240 e. The summed E-state index contributed by atoms with van der Waals surface area (Å²) in [7, 11) is -2.15. The maximum Gasteiger partial charge on any atom is 0.240 e. The van der Waals surface area contributed by atoms with Gasteiger partial charge in [-0.1, -0.05) is 13.8 Å². The summed E-state index contributed by atoms with van der Waals surface area (Å²) in [6.45, 7) is 4.05. The lowest BCUT2D eigenvalue weighted by Gasteiger charge is -2.07. The molecule has 1 aromatic carbocycles. The molecule has 1 heterocycles. The maximum absolute atomic E-state index is 12.2. The fraction of sp³-hybridized carbons (Fsp3) is 0.375. The first-order valence-electron chi connectivity index (χ1n) is 7.71. The summed E-state index contributed by atoms with van der Waals surface area (Å²) >= 11 is 1.35. The van der Waals surface area contributed by atoms with Gasteiger partial charge in [0, 0.05) is 18.3 Å². The van der Waals surface area contributed by atoms with Crippen molar-refractivity contribution >= 4 is 32.4 Å². The fourth-order valence-corrected chi connectivity index (χ4v) is 3.85. The minimum Gasteiger partial charge on any atom is -0.497 e. The van der Waals surface area contributed by atoms with Gasteiger partial charge < -0.3 is 10.1 Å². The Labute approximate surface area is 151 Å². The van der Waals surface area contributed by atoms with Crippen LogP contribution in [0, 0.1) is 0 Å². The van der Waals surface area contributed by atoms with Crippen molar-refractivity contribution in [1.29, 1.82) is 0 Å². The number of carbonyl (C=O) groups is 1. The largest absolute Gasteiger partial charge is 0.497 e. The van der Waals surface area contributed by atoms with Gasteiger partial charge in [-0.3, -0.25) is 4.79 Å². The minimum atomic E-state index is -3.66. The van der Waals surface area contributed by atoms with E-state index in [9.17, 15) is 13.2 Å². The number of benzene rings is 1. The summed E-state index contributed by atoms with van der Waals surface area (Å²) in [4.78, 5) is 16.3. The second-order valence-electron chi connectivity index (χ2n) is 5.60. The molecule has 2 N–H and O–H groups in total. The predicted molar refractivity (Wildman–Crippen MR) is 97.6 cm³/mol. The van der Waals surface area contributed by atoms with Crippen LogP contribution in [0.1, 0.15) is 31.9 Å². The van der Waals surface area contributed by atoms with E-state index in [0.29, 0.717) is 16.8 Å². The van der Waals surface area contributed by atoms with Gasteiger partial charge >= 0.3 is 0 Å². The summed E-state index contributed by atoms with van der Waals surface area (Å²) in [5, 5.41) is 5.09. The molecule has 7 nitrogen and oxygen atoms in total. The normalized spacial score (nSPS) is 11.5. The van der Waals surface area contributed by atoms with Gasteiger partial charge in [0.15, 0.2) is 5.13 Å². The number of aromatic nitrogens is 1. The van der Waals surface area contributed by atoms with Crippen LogP contribution < -0.4 is 14.8 Å². The number of nitrogens with zero attached hydrogens (tertiary/aromatic N) is 1. The number of thiazole rings is 1. The standard InChI is InChI=1S/C16H21N3O4S2/c1-11(2)14-10-24-16(18-14)19-15(20)8-9-17-25(21,22)13-6-4-12(23-3)5-7-13/h4-7,10-11,17H,8-9H2,1-3H3,(H,18,19,20). The summed E-state index contributed by atoms with van der Waals surface area (Å²) in [5.41, 5.74) is 0.917. The highest BCUT2D eigenvalue weighted by Crippen LogP contribution is 2.21. The molecule has 0 aliphatic rings. The van der Waals surface area contributed by atoms with Gasteiger partial charge in [-0.05, 0) is 30.2 Å². The Bertz CT molecular complexity index is 814. The third-order valence-electron chi connectivity index (χ3n) is 3.37.